The summed E-state index contributed by atoms with van der Waals surface area (Å²) >= 11 is 0. The van der Waals surface area contributed by atoms with Crippen molar-refractivity contribution in [3.05, 3.63) is 0 Å². The lowest BCUT2D eigenvalue weighted by molar-refractivity contribution is -0.141. The van der Waals surface area contributed by atoms with Crippen molar-refractivity contribution in [2.24, 2.45) is 17.3 Å². The molecule has 1 amide bonds. The van der Waals surface area contributed by atoms with Crippen LogP contribution in [0.5, 0.6) is 0 Å². The Hall–Kier alpha value is -1.10. The Kier molecular flexibility index (Phi) is 3.57. The number of likely N-dealkylation sites (N-methyl/N-ethyl adjacent to an activating group) is 1. The highest BCUT2D eigenvalue weighted by atomic mass is 16.5. The Bertz CT molecular complexity index is 300. The number of hydrogen-bond acceptors (Lipinski definition) is 3. The predicted molar refractivity (Wildman–Crippen MR) is 57.9 cm³/mol. The van der Waals surface area contributed by atoms with Crippen LogP contribution in [-0.4, -0.2) is 49.2 Å². The SMILES string of the molecule is COCCN(C)C(=O)[C@@H]1[C@H](C(=O)O)C1(C)C. The van der Waals surface area contributed by atoms with Gasteiger partial charge in [-0.05, 0) is 5.41 Å². The van der Waals surface area contributed by atoms with Gasteiger partial charge in [-0.2, -0.15) is 0 Å². The zero-order chi connectivity index (χ0) is 12.5. The molecular weight excluding hydrogens is 210 g/mol. The summed E-state index contributed by atoms with van der Waals surface area (Å²) in [4.78, 5) is 24.4. The second kappa shape index (κ2) is 4.41. The first kappa shape index (κ1) is 13.0. The summed E-state index contributed by atoms with van der Waals surface area (Å²) in [5.74, 6) is -1.94. The molecule has 1 saturated carbocycles. The van der Waals surface area contributed by atoms with Crippen molar-refractivity contribution in [2.75, 3.05) is 27.3 Å². The number of hydrogen-bond donors (Lipinski definition) is 1. The molecule has 92 valence electrons. The Labute approximate surface area is 95.4 Å². The Morgan fingerprint density at radius 1 is 1.38 bits per heavy atom. The van der Waals surface area contributed by atoms with Gasteiger partial charge in [0.05, 0.1) is 18.4 Å². The van der Waals surface area contributed by atoms with Crippen molar-refractivity contribution in [1.29, 1.82) is 0 Å². The van der Waals surface area contributed by atoms with Crippen LogP contribution < -0.4 is 0 Å². The van der Waals surface area contributed by atoms with Gasteiger partial charge in [-0.25, -0.2) is 0 Å². The highest BCUT2D eigenvalue weighted by Crippen LogP contribution is 2.58. The highest BCUT2D eigenvalue weighted by molar-refractivity contribution is 5.91. The van der Waals surface area contributed by atoms with Crippen molar-refractivity contribution in [2.45, 2.75) is 13.8 Å². The van der Waals surface area contributed by atoms with Crippen LogP contribution >= 0.6 is 0 Å². The van der Waals surface area contributed by atoms with E-state index in [9.17, 15) is 9.59 Å². The normalized spacial score (nSPS) is 26.2. The molecule has 0 spiro atoms. The van der Waals surface area contributed by atoms with Gasteiger partial charge in [0.2, 0.25) is 5.91 Å². The van der Waals surface area contributed by atoms with Crippen LogP contribution in [-0.2, 0) is 14.3 Å². The van der Waals surface area contributed by atoms with Gasteiger partial charge < -0.3 is 14.7 Å². The molecule has 0 aromatic carbocycles. The average molecular weight is 229 g/mol. The van der Waals surface area contributed by atoms with E-state index in [4.69, 9.17) is 9.84 Å². The lowest BCUT2D eigenvalue weighted by atomic mass is 10.1. The lowest BCUT2D eigenvalue weighted by Crippen LogP contribution is -2.32. The molecule has 0 unspecified atom stereocenters. The summed E-state index contributed by atoms with van der Waals surface area (Å²) in [7, 11) is 3.24. The maximum absolute atomic E-state index is 11.9. The first-order valence-electron chi connectivity index (χ1n) is 5.30. The van der Waals surface area contributed by atoms with E-state index in [0.29, 0.717) is 13.2 Å². The van der Waals surface area contributed by atoms with Gasteiger partial charge in [0, 0.05) is 20.7 Å². The summed E-state index contributed by atoms with van der Waals surface area (Å²) < 4.78 is 4.88. The molecule has 16 heavy (non-hydrogen) atoms. The molecule has 0 radical (unpaired) electrons. The second-order valence-electron chi connectivity index (χ2n) is 4.87. The quantitative estimate of drug-likeness (QED) is 0.743. The summed E-state index contributed by atoms with van der Waals surface area (Å²) in [5.41, 5.74) is -0.426. The Morgan fingerprint density at radius 2 is 1.94 bits per heavy atom. The first-order valence-corrected chi connectivity index (χ1v) is 5.30. The maximum Gasteiger partial charge on any atom is 0.307 e. The molecule has 1 aliphatic rings. The molecule has 1 N–H and O–H groups in total. The van der Waals surface area contributed by atoms with Gasteiger partial charge >= 0.3 is 5.97 Å². The van der Waals surface area contributed by atoms with E-state index in [-0.39, 0.29) is 5.91 Å². The fourth-order valence-corrected chi connectivity index (χ4v) is 2.14. The molecule has 1 rings (SSSR count). The van der Waals surface area contributed by atoms with Crippen molar-refractivity contribution in [3.63, 3.8) is 0 Å². The van der Waals surface area contributed by atoms with Gasteiger partial charge in [-0.1, -0.05) is 13.8 Å². The van der Waals surface area contributed by atoms with E-state index >= 15 is 0 Å². The fraction of sp³-hybridized carbons (Fsp3) is 0.818. The van der Waals surface area contributed by atoms with Gasteiger partial charge in [-0.3, -0.25) is 9.59 Å². The van der Waals surface area contributed by atoms with Crippen LogP contribution in [0.4, 0.5) is 0 Å². The molecule has 2 atom stereocenters. The number of aliphatic carboxylic acids is 1. The Balaban J connectivity index is 2.60. The van der Waals surface area contributed by atoms with Gasteiger partial charge in [0.15, 0.2) is 0 Å². The molecule has 5 heteroatoms. The topological polar surface area (TPSA) is 66.8 Å². The van der Waals surface area contributed by atoms with Crippen molar-refractivity contribution in [3.8, 4) is 0 Å². The molecule has 0 aromatic rings. The summed E-state index contributed by atoms with van der Waals surface area (Å²) in [6, 6.07) is 0. The van der Waals surface area contributed by atoms with E-state index < -0.39 is 23.2 Å². The number of nitrogens with zero attached hydrogens (tertiary/aromatic N) is 1. The summed E-state index contributed by atoms with van der Waals surface area (Å²) in [5, 5.41) is 8.97. The summed E-state index contributed by atoms with van der Waals surface area (Å²) in [6.07, 6.45) is 0. The molecule has 0 saturated heterocycles. The van der Waals surface area contributed by atoms with E-state index in [0.717, 1.165) is 0 Å². The van der Waals surface area contributed by atoms with Crippen LogP contribution in [0.1, 0.15) is 13.8 Å². The number of carbonyl (C=O) groups excluding carboxylic acids is 1. The number of carboxylic acids is 1. The number of methoxy groups -OCH3 is 1. The molecule has 0 aromatic heterocycles. The predicted octanol–water partition coefficient (Wildman–Crippen LogP) is 0.448. The maximum atomic E-state index is 11.9. The van der Waals surface area contributed by atoms with Crippen LogP contribution in [0, 0.1) is 17.3 Å². The highest BCUT2D eigenvalue weighted by Gasteiger charge is 2.66. The number of amides is 1. The molecule has 1 fully saturated rings. The number of rotatable bonds is 5. The third-order valence-corrected chi connectivity index (χ3v) is 3.37. The lowest BCUT2D eigenvalue weighted by Gasteiger charge is -2.17. The second-order valence-corrected chi connectivity index (χ2v) is 4.87. The molecule has 0 bridgehead atoms. The Morgan fingerprint density at radius 3 is 2.31 bits per heavy atom. The molecule has 0 aliphatic heterocycles. The van der Waals surface area contributed by atoms with Crippen molar-refractivity contribution in [1.82, 2.24) is 4.90 Å². The van der Waals surface area contributed by atoms with Gasteiger partial charge in [-0.15, -0.1) is 0 Å². The first-order chi connectivity index (χ1) is 7.34. The standard InChI is InChI=1S/C11H19NO4/c1-11(2)7(8(11)10(14)15)9(13)12(3)5-6-16-4/h7-8H,5-6H2,1-4H3,(H,14,15)/t7-,8+/m0/s1. The largest absolute Gasteiger partial charge is 0.481 e. The van der Waals surface area contributed by atoms with Crippen LogP contribution in [0.25, 0.3) is 0 Å². The average Bonchev–Trinajstić information content (AvgIpc) is 2.76. The molecular formula is C11H19NO4. The third-order valence-electron chi connectivity index (χ3n) is 3.37. The van der Waals surface area contributed by atoms with Gasteiger partial charge in [0.1, 0.15) is 0 Å². The smallest absolute Gasteiger partial charge is 0.307 e. The zero-order valence-corrected chi connectivity index (χ0v) is 10.2. The zero-order valence-electron chi connectivity index (χ0n) is 10.2. The van der Waals surface area contributed by atoms with Crippen molar-refractivity contribution >= 4 is 11.9 Å². The molecule has 1 aliphatic carbocycles. The number of carbonyl (C=O) groups is 2. The van der Waals surface area contributed by atoms with E-state index in [2.05, 4.69) is 0 Å². The minimum atomic E-state index is -0.886. The number of carboxylic acid groups (broad SMARTS) is 1. The van der Waals surface area contributed by atoms with Gasteiger partial charge in [0.25, 0.3) is 0 Å². The fourth-order valence-electron chi connectivity index (χ4n) is 2.14. The third kappa shape index (κ3) is 2.19. The van der Waals surface area contributed by atoms with Crippen LogP contribution in [0.15, 0.2) is 0 Å². The minimum Gasteiger partial charge on any atom is -0.481 e. The van der Waals surface area contributed by atoms with Crippen LogP contribution in [0.3, 0.4) is 0 Å². The monoisotopic (exact) mass is 229 g/mol. The van der Waals surface area contributed by atoms with E-state index in [1.54, 1.807) is 19.1 Å². The molecule has 0 heterocycles. The van der Waals surface area contributed by atoms with Crippen molar-refractivity contribution < 1.29 is 19.4 Å². The van der Waals surface area contributed by atoms with Crippen LogP contribution in [0.2, 0.25) is 0 Å². The van der Waals surface area contributed by atoms with E-state index in [1.807, 2.05) is 13.8 Å². The van der Waals surface area contributed by atoms with E-state index in [1.165, 1.54) is 0 Å². The molecule has 5 nitrogen and oxygen atoms in total. The number of ether oxygens (including phenoxy) is 1. The minimum absolute atomic E-state index is 0.102. The summed E-state index contributed by atoms with van der Waals surface area (Å²) in [6.45, 7) is 4.60.